The average Bonchev–Trinajstić information content (AvgIpc) is 2.70. The maximum Gasteiger partial charge on any atom is 0.232 e. The van der Waals surface area contributed by atoms with Gasteiger partial charge >= 0.3 is 0 Å². The highest BCUT2D eigenvalue weighted by molar-refractivity contribution is 7.99. The van der Waals surface area contributed by atoms with Crippen molar-refractivity contribution in [2.24, 2.45) is 0 Å². The first kappa shape index (κ1) is 20.4. The lowest BCUT2D eigenvalue weighted by molar-refractivity contribution is -0.131. The number of nitrogens with zero attached hydrogens (tertiary/aromatic N) is 4. The summed E-state index contributed by atoms with van der Waals surface area (Å²) in [5.41, 5.74) is 6.71. The Hall–Kier alpha value is -2.35. The van der Waals surface area contributed by atoms with Crippen molar-refractivity contribution < 1.29 is 4.79 Å². The molecule has 150 valence electrons. The fourth-order valence-electron chi connectivity index (χ4n) is 3.55. The van der Waals surface area contributed by atoms with Gasteiger partial charge in [0.15, 0.2) is 0 Å². The zero-order valence-corrected chi connectivity index (χ0v) is 17.1. The molecule has 1 heterocycles. The SMILES string of the molecule is CCN(C(=O)CSCc1nc(N)nc(Nc2ccccc2)n1)C1CCCCC1. The maximum atomic E-state index is 12.7. The summed E-state index contributed by atoms with van der Waals surface area (Å²) in [6.07, 6.45) is 5.99. The van der Waals surface area contributed by atoms with Gasteiger partial charge in [-0.2, -0.15) is 15.0 Å². The van der Waals surface area contributed by atoms with Crippen LogP contribution in [0.15, 0.2) is 30.3 Å². The number of hydrogen-bond donors (Lipinski definition) is 2. The van der Waals surface area contributed by atoms with Crippen molar-refractivity contribution in [3.63, 3.8) is 0 Å². The second-order valence-corrected chi connectivity index (χ2v) is 7.87. The van der Waals surface area contributed by atoms with E-state index in [0.29, 0.717) is 29.3 Å². The van der Waals surface area contributed by atoms with E-state index in [1.807, 2.05) is 35.2 Å². The highest BCUT2D eigenvalue weighted by Gasteiger charge is 2.23. The van der Waals surface area contributed by atoms with Crippen molar-refractivity contribution in [3.8, 4) is 0 Å². The average molecular weight is 401 g/mol. The Morgan fingerprint density at radius 3 is 2.64 bits per heavy atom. The normalized spacial score (nSPS) is 14.6. The van der Waals surface area contributed by atoms with E-state index in [1.54, 1.807) is 0 Å². The Labute approximate surface area is 170 Å². The fourth-order valence-corrected chi connectivity index (χ4v) is 4.31. The van der Waals surface area contributed by atoms with Crippen LogP contribution >= 0.6 is 11.8 Å². The van der Waals surface area contributed by atoms with Crippen molar-refractivity contribution in [2.75, 3.05) is 23.3 Å². The number of carbonyl (C=O) groups excluding carboxylic acids is 1. The second kappa shape index (κ2) is 10.3. The molecule has 0 saturated heterocycles. The van der Waals surface area contributed by atoms with E-state index in [2.05, 4.69) is 27.2 Å². The summed E-state index contributed by atoms with van der Waals surface area (Å²) in [7, 11) is 0. The fraction of sp³-hybridized carbons (Fsp3) is 0.500. The molecule has 0 spiro atoms. The van der Waals surface area contributed by atoms with Crippen LogP contribution in [0.5, 0.6) is 0 Å². The summed E-state index contributed by atoms with van der Waals surface area (Å²) in [6, 6.07) is 10.1. The van der Waals surface area contributed by atoms with E-state index >= 15 is 0 Å². The molecule has 0 unspecified atom stereocenters. The second-order valence-electron chi connectivity index (χ2n) is 6.89. The predicted octanol–water partition coefficient (Wildman–Crippen LogP) is 3.61. The molecule has 1 aliphatic rings. The van der Waals surface area contributed by atoms with Gasteiger partial charge in [0.1, 0.15) is 5.82 Å². The van der Waals surface area contributed by atoms with E-state index in [0.717, 1.165) is 25.1 Å². The number of benzene rings is 1. The highest BCUT2D eigenvalue weighted by atomic mass is 32.2. The molecule has 0 atom stereocenters. The zero-order chi connectivity index (χ0) is 19.8. The summed E-state index contributed by atoms with van der Waals surface area (Å²) in [6.45, 7) is 2.83. The van der Waals surface area contributed by atoms with Crippen LogP contribution in [0.3, 0.4) is 0 Å². The first-order valence-electron chi connectivity index (χ1n) is 9.85. The summed E-state index contributed by atoms with van der Waals surface area (Å²) in [4.78, 5) is 27.4. The van der Waals surface area contributed by atoms with E-state index < -0.39 is 0 Å². The molecule has 1 aromatic carbocycles. The van der Waals surface area contributed by atoms with Gasteiger partial charge in [-0.25, -0.2) is 0 Å². The molecule has 2 aromatic rings. The number of aromatic nitrogens is 3. The summed E-state index contributed by atoms with van der Waals surface area (Å²) < 4.78 is 0. The number of thioether (sulfide) groups is 1. The standard InChI is InChI=1S/C20H28N6OS/c1-2-26(16-11-7-4-8-12-16)18(27)14-28-13-17-23-19(21)25-20(24-17)22-15-9-5-3-6-10-15/h3,5-6,9-10,16H,2,4,7-8,11-14H2,1H3,(H3,21,22,23,24,25). The molecule has 0 bridgehead atoms. The molecule has 1 aromatic heterocycles. The van der Waals surface area contributed by atoms with Crippen LogP contribution in [-0.2, 0) is 10.5 Å². The molecule has 28 heavy (non-hydrogen) atoms. The largest absolute Gasteiger partial charge is 0.368 e. The topological polar surface area (TPSA) is 97.0 Å². The first-order chi connectivity index (χ1) is 13.7. The highest BCUT2D eigenvalue weighted by Crippen LogP contribution is 2.23. The van der Waals surface area contributed by atoms with Gasteiger partial charge in [-0.05, 0) is 31.9 Å². The summed E-state index contributed by atoms with van der Waals surface area (Å²) in [5, 5.41) is 3.13. The van der Waals surface area contributed by atoms with Crippen LogP contribution in [0.1, 0.15) is 44.9 Å². The minimum Gasteiger partial charge on any atom is -0.368 e. The zero-order valence-electron chi connectivity index (χ0n) is 16.3. The molecule has 1 aliphatic carbocycles. The molecule has 0 aliphatic heterocycles. The molecule has 1 amide bonds. The van der Waals surface area contributed by atoms with Crippen LogP contribution in [0.2, 0.25) is 0 Å². The van der Waals surface area contributed by atoms with E-state index in [4.69, 9.17) is 5.73 Å². The molecule has 1 fully saturated rings. The molecule has 3 rings (SSSR count). The molecular weight excluding hydrogens is 372 g/mol. The van der Waals surface area contributed by atoms with Crippen molar-refractivity contribution in [1.82, 2.24) is 19.9 Å². The number of anilines is 3. The molecule has 8 heteroatoms. The maximum absolute atomic E-state index is 12.7. The Balaban J connectivity index is 1.54. The van der Waals surface area contributed by atoms with Gasteiger partial charge in [-0.1, -0.05) is 37.5 Å². The molecule has 0 radical (unpaired) electrons. The number of carbonyl (C=O) groups is 1. The van der Waals surface area contributed by atoms with E-state index in [9.17, 15) is 4.79 Å². The van der Waals surface area contributed by atoms with Crippen molar-refractivity contribution in [1.29, 1.82) is 0 Å². The minimum absolute atomic E-state index is 0.174. The van der Waals surface area contributed by atoms with Gasteiger partial charge in [-0.3, -0.25) is 4.79 Å². The van der Waals surface area contributed by atoms with Gasteiger partial charge in [0, 0.05) is 18.3 Å². The van der Waals surface area contributed by atoms with Gasteiger partial charge < -0.3 is 16.0 Å². The third-order valence-corrected chi connectivity index (χ3v) is 5.78. The Kier molecular flexibility index (Phi) is 7.47. The quantitative estimate of drug-likeness (QED) is 0.698. The first-order valence-corrected chi connectivity index (χ1v) is 11.0. The number of rotatable bonds is 8. The number of nitrogens with one attached hydrogen (secondary N) is 1. The number of para-hydroxylation sites is 1. The smallest absolute Gasteiger partial charge is 0.232 e. The van der Waals surface area contributed by atoms with Crippen LogP contribution in [0.25, 0.3) is 0 Å². The Bertz CT molecular complexity index is 767. The van der Waals surface area contributed by atoms with Gasteiger partial charge in [-0.15, -0.1) is 11.8 Å². The van der Waals surface area contributed by atoms with Crippen molar-refractivity contribution in [2.45, 2.75) is 50.8 Å². The van der Waals surface area contributed by atoms with E-state index in [1.165, 1.54) is 31.0 Å². The van der Waals surface area contributed by atoms with Crippen molar-refractivity contribution in [3.05, 3.63) is 36.2 Å². The van der Waals surface area contributed by atoms with Crippen LogP contribution in [0.4, 0.5) is 17.6 Å². The van der Waals surface area contributed by atoms with Crippen LogP contribution in [-0.4, -0.2) is 44.1 Å². The van der Waals surface area contributed by atoms with Gasteiger partial charge in [0.05, 0.1) is 11.5 Å². The monoisotopic (exact) mass is 400 g/mol. The molecule has 1 saturated carbocycles. The lowest BCUT2D eigenvalue weighted by atomic mass is 9.94. The summed E-state index contributed by atoms with van der Waals surface area (Å²) in [5.74, 6) is 2.31. The molecular formula is C20H28N6OS. The minimum atomic E-state index is 0.174. The third-order valence-electron chi connectivity index (χ3n) is 4.86. The third kappa shape index (κ3) is 5.82. The lowest BCUT2D eigenvalue weighted by Gasteiger charge is -2.33. The number of nitrogen functional groups attached to an aromatic ring is 1. The van der Waals surface area contributed by atoms with Crippen LogP contribution < -0.4 is 11.1 Å². The van der Waals surface area contributed by atoms with Crippen LogP contribution in [0, 0.1) is 0 Å². The molecule has 7 nitrogen and oxygen atoms in total. The lowest BCUT2D eigenvalue weighted by Crippen LogP contribution is -2.42. The number of amides is 1. The predicted molar refractivity (Wildman–Crippen MR) is 114 cm³/mol. The Morgan fingerprint density at radius 2 is 1.93 bits per heavy atom. The number of nitrogens with two attached hydrogens (primary N) is 1. The van der Waals surface area contributed by atoms with Gasteiger partial charge in [0.25, 0.3) is 0 Å². The molecule has 3 N–H and O–H groups in total. The van der Waals surface area contributed by atoms with Gasteiger partial charge in [0.2, 0.25) is 17.8 Å². The Morgan fingerprint density at radius 1 is 1.18 bits per heavy atom. The van der Waals surface area contributed by atoms with E-state index in [-0.39, 0.29) is 11.9 Å². The summed E-state index contributed by atoms with van der Waals surface area (Å²) >= 11 is 1.52. The number of hydrogen-bond acceptors (Lipinski definition) is 7. The van der Waals surface area contributed by atoms with Crippen molar-refractivity contribution >= 4 is 35.3 Å².